The summed E-state index contributed by atoms with van der Waals surface area (Å²) < 4.78 is 9.93. The van der Waals surface area contributed by atoms with Crippen molar-refractivity contribution >= 4 is 11.4 Å². The van der Waals surface area contributed by atoms with E-state index in [0.29, 0.717) is 4.91 Å². The fraction of sp³-hybridized carbons (Fsp3) is 0.333. The summed E-state index contributed by atoms with van der Waals surface area (Å²) >= 11 is -1.31. The van der Waals surface area contributed by atoms with Crippen molar-refractivity contribution < 1.29 is 4.55 Å². The summed E-state index contributed by atoms with van der Waals surface area (Å²) in [6.45, 7) is 4.95. The number of allylic oxidation sites excluding steroid dienone is 1. The molecule has 0 rings (SSSR count). The molecule has 0 fully saturated rings. The summed E-state index contributed by atoms with van der Waals surface area (Å²) in [5.74, 6) is 0. The highest BCUT2D eigenvalue weighted by molar-refractivity contribution is 7.92. The molecule has 2 nitrogen and oxygen atoms in total. The van der Waals surface area contributed by atoms with Gasteiger partial charge in [0.1, 0.15) is 4.91 Å². The van der Waals surface area contributed by atoms with Gasteiger partial charge in [-0.1, -0.05) is 0 Å². The smallest absolute Gasteiger partial charge is 0.140 e. The molecule has 0 aliphatic rings. The Morgan fingerprint density at radius 2 is 2.17 bits per heavy atom. The Hall–Kier alpha value is 0.01000. The first-order chi connectivity index (χ1) is 2.64. The van der Waals surface area contributed by atoms with Gasteiger partial charge in [0, 0.05) is 6.92 Å². The van der Waals surface area contributed by atoms with Gasteiger partial charge in [0.2, 0.25) is 0 Å². The summed E-state index contributed by atoms with van der Waals surface area (Å²) in [6, 6.07) is 0. The van der Waals surface area contributed by atoms with Crippen LogP contribution in [0.5, 0.6) is 0 Å². The van der Waals surface area contributed by atoms with Crippen LogP contribution in [-0.4, -0.2) is 4.55 Å². The van der Waals surface area contributed by atoms with E-state index in [0.717, 1.165) is 0 Å². The maximum absolute atomic E-state index is 9.93. The van der Waals surface area contributed by atoms with E-state index in [1.54, 1.807) is 6.92 Å². The third kappa shape index (κ3) is 2.26. The minimum atomic E-state index is -1.31. The van der Waals surface area contributed by atoms with Crippen molar-refractivity contribution in [3.8, 4) is 0 Å². The Morgan fingerprint density at radius 3 is 2.17 bits per heavy atom. The van der Waals surface area contributed by atoms with Crippen LogP contribution in [0.1, 0.15) is 6.92 Å². The summed E-state index contributed by atoms with van der Waals surface area (Å²) in [5, 5.41) is 4.81. The van der Waals surface area contributed by atoms with Gasteiger partial charge in [-0.3, -0.25) is 0 Å². The molecular weight excluding hydrogens is 98.1 g/mol. The second-order valence-electron chi connectivity index (χ2n) is 0.999. The van der Waals surface area contributed by atoms with Gasteiger partial charge in [-0.2, -0.15) is 0 Å². The minimum absolute atomic E-state index is 0.509. The zero-order chi connectivity index (χ0) is 5.15. The van der Waals surface area contributed by atoms with E-state index in [1.165, 1.54) is 0 Å². The molecule has 0 aromatic carbocycles. The predicted octanol–water partition coefficient (Wildman–Crippen LogP) is 0.142. The largest absolute Gasteiger partial charge is 0.593 e. The maximum atomic E-state index is 9.93. The van der Waals surface area contributed by atoms with Crippen LogP contribution in [0.15, 0.2) is 11.5 Å². The number of hydrogen-bond donors (Lipinski definition) is 1. The van der Waals surface area contributed by atoms with Crippen molar-refractivity contribution in [2.75, 3.05) is 0 Å². The molecule has 2 N–H and O–H groups in total. The van der Waals surface area contributed by atoms with Crippen LogP contribution in [0.4, 0.5) is 0 Å². The molecule has 1 atom stereocenters. The molecule has 0 saturated heterocycles. The lowest BCUT2D eigenvalue weighted by molar-refractivity contribution is 0.602. The summed E-state index contributed by atoms with van der Waals surface area (Å²) in [5.41, 5.74) is 0. The van der Waals surface area contributed by atoms with Crippen LogP contribution in [-0.2, 0) is 11.4 Å². The van der Waals surface area contributed by atoms with Crippen LogP contribution in [0.3, 0.4) is 0 Å². The van der Waals surface area contributed by atoms with Crippen molar-refractivity contribution in [3.05, 3.63) is 11.5 Å². The molecule has 0 radical (unpaired) electrons. The Kier molecular flexibility index (Phi) is 2.23. The van der Waals surface area contributed by atoms with Crippen molar-refractivity contribution in [1.29, 1.82) is 0 Å². The number of nitrogens with two attached hydrogens (primary N) is 1. The van der Waals surface area contributed by atoms with Crippen LogP contribution in [0.25, 0.3) is 0 Å². The van der Waals surface area contributed by atoms with Gasteiger partial charge >= 0.3 is 0 Å². The molecule has 3 heteroatoms. The van der Waals surface area contributed by atoms with E-state index < -0.39 is 11.4 Å². The van der Waals surface area contributed by atoms with E-state index in [2.05, 4.69) is 6.58 Å². The highest BCUT2D eigenvalue weighted by Gasteiger charge is 1.93. The number of rotatable bonds is 1. The highest BCUT2D eigenvalue weighted by atomic mass is 32.2. The highest BCUT2D eigenvalue weighted by Crippen LogP contribution is 1.91. The molecule has 0 aromatic heterocycles. The lowest BCUT2D eigenvalue weighted by Crippen LogP contribution is -2.11. The molecule has 0 aliphatic heterocycles. The maximum Gasteiger partial charge on any atom is 0.140 e. The van der Waals surface area contributed by atoms with Crippen LogP contribution < -0.4 is 5.14 Å². The van der Waals surface area contributed by atoms with Gasteiger partial charge in [0.25, 0.3) is 0 Å². The van der Waals surface area contributed by atoms with E-state index in [-0.39, 0.29) is 0 Å². The Bertz CT molecular complexity index is 61.8. The number of hydrogen-bond acceptors (Lipinski definition) is 2. The Labute approximate surface area is 40.3 Å². The molecule has 1 unspecified atom stereocenters. The second-order valence-corrected chi connectivity index (χ2v) is 2.29. The van der Waals surface area contributed by atoms with Crippen molar-refractivity contribution in [2.24, 2.45) is 5.14 Å². The van der Waals surface area contributed by atoms with Gasteiger partial charge < -0.3 is 4.55 Å². The van der Waals surface area contributed by atoms with E-state index >= 15 is 0 Å². The summed E-state index contributed by atoms with van der Waals surface area (Å²) in [6.07, 6.45) is 0. The first kappa shape index (κ1) is 6.01. The standard InChI is InChI=1S/C3H7NOS/c1-3(2)6(4)5/h1,4H2,2H3. The molecule has 36 valence electrons. The van der Waals surface area contributed by atoms with Crippen LogP contribution in [0, 0.1) is 0 Å². The van der Waals surface area contributed by atoms with Gasteiger partial charge in [-0.15, -0.1) is 5.14 Å². The average Bonchev–Trinajstić information content (AvgIpc) is 1.36. The second kappa shape index (κ2) is 2.23. The van der Waals surface area contributed by atoms with Gasteiger partial charge in [-0.25, -0.2) is 0 Å². The van der Waals surface area contributed by atoms with Gasteiger partial charge in [0.05, 0.1) is 11.4 Å². The average molecular weight is 105 g/mol. The predicted molar refractivity (Wildman–Crippen MR) is 27.1 cm³/mol. The third-order valence-electron chi connectivity index (χ3n) is 0.343. The van der Waals surface area contributed by atoms with Gasteiger partial charge in [-0.05, 0) is 6.58 Å². The summed E-state index contributed by atoms with van der Waals surface area (Å²) in [4.78, 5) is 0.509. The lowest BCUT2D eigenvalue weighted by Gasteiger charge is -1.96. The fourth-order valence-corrected chi connectivity index (χ4v) is 0. The molecule has 6 heavy (non-hydrogen) atoms. The Balaban J connectivity index is 3.26. The minimum Gasteiger partial charge on any atom is -0.593 e. The monoisotopic (exact) mass is 105 g/mol. The zero-order valence-corrected chi connectivity index (χ0v) is 4.42. The SMILES string of the molecule is C=C(C)[S+](N)[O-]. The van der Waals surface area contributed by atoms with Crippen molar-refractivity contribution in [1.82, 2.24) is 0 Å². The molecule has 0 saturated carbocycles. The molecule has 0 amide bonds. The summed E-state index contributed by atoms with van der Waals surface area (Å²) in [7, 11) is 0. The van der Waals surface area contributed by atoms with E-state index in [4.69, 9.17) is 5.14 Å². The van der Waals surface area contributed by atoms with Crippen LogP contribution >= 0.6 is 0 Å². The molecule has 0 heterocycles. The normalized spacial score (nSPS) is 13.8. The quantitative estimate of drug-likeness (QED) is 0.482. The molecule has 0 spiro atoms. The van der Waals surface area contributed by atoms with Crippen molar-refractivity contribution in [2.45, 2.75) is 6.92 Å². The molecule has 0 aliphatic carbocycles. The van der Waals surface area contributed by atoms with Crippen molar-refractivity contribution in [3.63, 3.8) is 0 Å². The van der Waals surface area contributed by atoms with E-state index in [9.17, 15) is 4.55 Å². The third-order valence-corrected chi connectivity index (χ3v) is 1.03. The molecule has 0 bridgehead atoms. The zero-order valence-electron chi connectivity index (χ0n) is 3.60. The fourth-order valence-electron chi connectivity index (χ4n) is 0. The molecular formula is C3H7NOS. The lowest BCUT2D eigenvalue weighted by atomic mass is 10.8. The van der Waals surface area contributed by atoms with Gasteiger partial charge in [0.15, 0.2) is 0 Å². The topological polar surface area (TPSA) is 49.1 Å². The first-order valence-electron chi connectivity index (χ1n) is 1.46. The molecule has 0 aromatic rings. The van der Waals surface area contributed by atoms with E-state index in [1.807, 2.05) is 0 Å². The Morgan fingerprint density at radius 1 is 2.00 bits per heavy atom. The first-order valence-corrected chi connectivity index (χ1v) is 2.67. The van der Waals surface area contributed by atoms with Crippen LogP contribution in [0.2, 0.25) is 0 Å².